The summed E-state index contributed by atoms with van der Waals surface area (Å²) in [6.07, 6.45) is 3.02. The molecule has 0 saturated carbocycles. The Balaban J connectivity index is 2.20. The summed E-state index contributed by atoms with van der Waals surface area (Å²) in [5.41, 5.74) is 2.55. The van der Waals surface area contributed by atoms with Crippen LogP contribution in [-0.4, -0.2) is 16.3 Å². The van der Waals surface area contributed by atoms with Gasteiger partial charge in [0.1, 0.15) is 0 Å². The van der Waals surface area contributed by atoms with Gasteiger partial charge in [-0.25, -0.2) is 0 Å². The van der Waals surface area contributed by atoms with Gasteiger partial charge in [0.25, 0.3) is 0 Å². The monoisotopic (exact) mass is 249 g/mol. The molecule has 0 fully saturated rings. The fourth-order valence-electron chi connectivity index (χ4n) is 2.03. The summed E-state index contributed by atoms with van der Waals surface area (Å²) >= 11 is 1.82. The lowest BCUT2D eigenvalue weighted by atomic mass is 10.0. The molecule has 2 heterocycles. The lowest BCUT2D eigenvalue weighted by Crippen LogP contribution is -2.23. The summed E-state index contributed by atoms with van der Waals surface area (Å²) in [5, 5.41) is 10.0. The Bertz CT molecular complexity index is 459. The fraction of sp³-hybridized carbons (Fsp3) is 0.462. The van der Waals surface area contributed by atoms with Crippen LogP contribution >= 0.6 is 11.3 Å². The van der Waals surface area contributed by atoms with E-state index in [1.54, 1.807) is 0 Å². The number of hydrogen-bond donors (Lipinski definition) is 1. The van der Waals surface area contributed by atoms with Crippen molar-refractivity contribution in [3.8, 4) is 0 Å². The van der Waals surface area contributed by atoms with E-state index in [1.807, 2.05) is 29.3 Å². The van der Waals surface area contributed by atoms with Crippen molar-refractivity contribution >= 4 is 11.3 Å². The Morgan fingerprint density at radius 1 is 1.53 bits per heavy atom. The van der Waals surface area contributed by atoms with E-state index in [1.165, 1.54) is 16.1 Å². The number of nitrogens with zero attached hydrogens (tertiary/aromatic N) is 2. The summed E-state index contributed by atoms with van der Waals surface area (Å²) in [6.45, 7) is 5.25. The van der Waals surface area contributed by atoms with Crippen LogP contribution in [0.4, 0.5) is 0 Å². The number of thiophene rings is 1. The highest BCUT2D eigenvalue weighted by Crippen LogP contribution is 2.23. The van der Waals surface area contributed by atoms with Gasteiger partial charge in [0.05, 0.1) is 6.20 Å². The van der Waals surface area contributed by atoms with Crippen molar-refractivity contribution in [1.82, 2.24) is 15.1 Å². The van der Waals surface area contributed by atoms with Gasteiger partial charge in [-0.2, -0.15) is 5.10 Å². The molecule has 0 aliphatic carbocycles. The summed E-state index contributed by atoms with van der Waals surface area (Å²) in [5.74, 6) is 0. The highest BCUT2D eigenvalue weighted by molar-refractivity contribution is 7.09. The van der Waals surface area contributed by atoms with Crippen LogP contribution in [0.3, 0.4) is 0 Å². The highest BCUT2D eigenvalue weighted by Gasteiger charge is 2.16. The van der Waals surface area contributed by atoms with E-state index in [0.29, 0.717) is 6.04 Å². The maximum atomic E-state index is 4.33. The molecule has 0 radical (unpaired) electrons. The topological polar surface area (TPSA) is 29.9 Å². The number of likely N-dealkylation sites (N-methyl/N-ethyl adjacent to an activating group) is 1. The van der Waals surface area contributed by atoms with Crippen LogP contribution in [0, 0.1) is 6.92 Å². The SMILES string of the molecule is CCNC(Cc1cccs1)c1cnn(C)c1C. The Morgan fingerprint density at radius 2 is 2.35 bits per heavy atom. The highest BCUT2D eigenvalue weighted by atomic mass is 32.1. The molecule has 0 aromatic carbocycles. The molecule has 2 rings (SSSR count). The molecule has 3 nitrogen and oxygen atoms in total. The molecule has 17 heavy (non-hydrogen) atoms. The van der Waals surface area contributed by atoms with Gasteiger partial charge in [-0.3, -0.25) is 4.68 Å². The third kappa shape index (κ3) is 2.76. The van der Waals surface area contributed by atoms with Crippen molar-refractivity contribution in [2.75, 3.05) is 6.54 Å². The second-order valence-electron chi connectivity index (χ2n) is 4.20. The molecular formula is C13H19N3S. The Labute approximate surface area is 106 Å². The quantitative estimate of drug-likeness (QED) is 0.883. The third-order valence-corrected chi connectivity index (χ3v) is 3.98. The molecule has 2 aromatic rings. The van der Waals surface area contributed by atoms with Crippen LogP contribution in [0.15, 0.2) is 23.7 Å². The van der Waals surface area contributed by atoms with Crippen LogP contribution in [0.1, 0.15) is 29.1 Å². The van der Waals surface area contributed by atoms with Crippen molar-refractivity contribution in [1.29, 1.82) is 0 Å². The van der Waals surface area contributed by atoms with Gasteiger partial charge in [0.2, 0.25) is 0 Å². The minimum Gasteiger partial charge on any atom is -0.310 e. The van der Waals surface area contributed by atoms with Crippen LogP contribution in [0.5, 0.6) is 0 Å². The van der Waals surface area contributed by atoms with Gasteiger partial charge in [-0.05, 0) is 24.9 Å². The minimum atomic E-state index is 0.368. The average Bonchev–Trinajstić information content (AvgIpc) is 2.91. The Kier molecular flexibility index (Phi) is 3.97. The largest absolute Gasteiger partial charge is 0.310 e. The van der Waals surface area contributed by atoms with E-state index in [9.17, 15) is 0 Å². The minimum absolute atomic E-state index is 0.368. The number of aryl methyl sites for hydroxylation is 1. The van der Waals surface area contributed by atoms with Crippen LogP contribution in [-0.2, 0) is 13.5 Å². The maximum Gasteiger partial charge on any atom is 0.0540 e. The molecule has 1 N–H and O–H groups in total. The lowest BCUT2D eigenvalue weighted by Gasteiger charge is -2.17. The van der Waals surface area contributed by atoms with Gasteiger partial charge in [-0.1, -0.05) is 13.0 Å². The van der Waals surface area contributed by atoms with Gasteiger partial charge in [-0.15, -0.1) is 11.3 Å². The van der Waals surface area contributed by atoms with E-state index >= 15 is 0 Å². The lowest BCUT2D eigenvalue weighted by molar-refractivity contribution is 0.549. The van der Waals surface area contributed by atoms with Crippen molar-refractivity contribution in [2.45, 2.75) is 26.3 Å². The molecule has 4 heteroatoms. The number of nitrogens with one attached hydrogen (secondary N) is 1. The number of aromatic nitrogens is 2. The zero-order valence-corrected chi connectivity index (χ0v) is 11.4. The second-order valence-corrected chi connectivity index (χ2v) is 5.23. The first-order valence-electron chi connectivity index (χ1n) is 5.96. The Morgan fingerprint density at radius 3 is 2.88 bits per heavy atom. The first-order chi connectivity index (χ1) is 8.22. The Hall–Kier alpha value is -1.13. The molecule has 92 valence electrons. The van der Waals surface area contributed by atoms with Crippen molar-refractivity contribution < 1.29 is 0 Å². The first-order valence-corrected chi connectivity index (χ1v) is 6.84. The molecular weight excluding hydrogens is 230 g/mol. The van der Waals surface area contributed by atoms with Gasteiger partial charge >= 0.3 is 0 Å². The van der Waals surface area contributed by atoms with E-state index in [4.69, 9.17) is 0 Å². The standard InChI is InChI=1S/C13H19N3S/c1-4-14-13(8-11-6-5-7-17-11)12-9-15-16(3)10(12)2/h5-7,9,13-14H,4,8H2,1-3H3. The number of rotatable bonds is 5. The van der Waals surface area contributed by atoms with Gasteiger partial charge in [0.15, 0.2) is 0 Å². The van der Waals surface area contributed by atoms with Crippen LogP contribution < -0.4 is 5.32 Å². The number of hydrogen-bond acceptors (Lipinski definition) is 3. The maximum absolute atomic E-state index is 4.33. The molecule has 0 bridgehead atoms. The average molecular weight is 249 g/mol. The zero-order valence-electron chi connectivity index (χ0n) is 10.6. The summed E-state index contributed by atoms with van der Waals surface area (Å²) in [4.78, 5) is 1.42. The van der Waals surface area contributed by atoms with E-state index < -0.39 is 0 Å². The predicted molar refractivity (Wildman–Crippen MR) is 72.4 cm³/mol. The molecule has 0 aliphatic heterocycles. The smallest absolute Gasteiger partial charge is 0.0540 e. The van der Waals surface area contributed by atoms with E-state index in [2.05, 4.69) is 41.8 Å². The van der Waals surface area contributed by atoms with Crippen molar-refractivity contribution in [3.05, 3.63) is 39.8 Å². The van der Waals surface area contributed by atoms with Crippen LogP contribution in [0.25, 0.3) is 0 Å². The zero-order chi connectivity index (χ0) is 12.3. The van der Waals surface area contributed by atoms with Crippen LogP contribution in [0.2, 0.25) is 0 Å². The molecule has 0 spiro atoms. The predicted octanol–water partition coefficient (Wildman–Crippen LogP) is 2.68. The first kappa shape index (κ1) is 12.3. The van der Waals surface area contributed by atoms with E-state index in [0.717, 1.165) is 13.0 Å². The summed E-state index contributed by atoms with van der Waals surface area (Å²) in [7, 11) is 1.99. The summed E-state index contributed by atoms with van der Waals surface area (Å²) < 4.78 is 1.94. The molecule has 1 unspecified atom stereocenters. The van der Waals surface area contributed by atoms with Crippen molar-refractivity contribution in [3.63, 3.8) is 0 Å². The van der Waals surface area contributed by atoms with E-state index in [-0.39, 0.29) is 0 Å². The molecule has 0 aliphatic rings. The molecule has 2 aromatic heterocycles. The normalized spacial score (nSPS) is 12.9. The van der Waals surface area contributed by atoms with Gasteiger partial charge in [0, 0.05) is 35.6 Å². The van der Waals surface area contributed by atoms with Crippen molar-refractivity contribution in [2.24, 2.45) is 7.05 Å². The fourth-order valence-corrected chi connectivity index (χ4v) is 2.78. The molecule has 1 atom stereocenters. The van der Waals surface area contributed by atoms with Gasteiger partial charge < -0.3 is 5.32 Å². The second kappa shape index (κ2) is 5.47. The molecule has 0 saturated heterocycles. The summed E-state index contributed by atoms with van der Waals surface area (Å²) in [6, 6.07) is 4.67. The molecule has 0 amide bonds. The third-order valence-electron chi connectivity index (χ3n) is 3.08.